The summed E-state index contributed by atoms with van der Waals surface area (Å²) in [4.78, 5) is 31.8. The van der Waals surface area contributed by atoms with Crippen molar-refractivity contribution in [1.29, 1.82) is 0 Å². The van der Waals surface area contributed by atoms with Crippen molar-refractivity contribution in [2.75, 3.05) is 30.3 Å². The van der Waals surface area contributed by atoms with Gasteiger partial charge >= 0.3 is 0 Å². The fourth-order valence-electron chi connectivity index (χ4n) is 3.66. The highest BCUT2D eigenvalue weighted by Gasteiger charge is 2.20. The predicted molar refractivity (Wildman–Crippen MR) is 125 cm³/mol. The summed E-state index contributed by atoms with van der Waals surface area (Å²) in [5, 5.41) is 6.07. The van der Waals surface area contributed by atoms with Crippen molar-refractivity contribution < 1.29 is 14.3 Å². The predicted octanol–water partition coefficient (Wildman–Crippen LogP) is 4.71. The molecule has 7 nitrogen and oxygen atoms in total. The molecule has 2 heterocycles. The van der Waals surface area contributed by atoms with E-state index in [1.54, 1.807) is 42.6 Å². The number of hydrogen-bond acceptors (Lipinski definition) is 5. The van der Waals surface area contributed by atoms with Gasteiger partial charge in [0.15, 0.2) is 0 Å². The molecule has 32 heavy (non-hydrogen) atoms. The quantitative estimate of drug-likeness (QED) is 0.567. The normalized spacial score (nSPS) is 13.0. The van der Waals surface area contributed by atoms with E-state index in [0.29, 0.717) is 29.2 Å². The van der Waals surface area contributed by atoms with Crippen LogP contribution in [0, 0.1) is 0 Å². The van der Waals surface area contributed by atoms with Gasteiger partial charge in [-0.2, -0.15) is 0 Å². The molecule has 1 fully saturated rings. The maximum Gasteiger partial charge on any atom is 0.259 e. The Morgan fingerprint density at radius 3 is 2.53 bits per heavy atom. The molecule has 2 amide bonds. The van der Waals surface area contributed by atoms with E-state index in [4.69, 9.17) is 4.74 Å². The fraction of sp³-hybridized carbons (Fsp3) is 0.240. The van der Waals surface area contributed by atoms with Crippen molar-refractivity contribution in [2.24, 2.45) is 0 Å². The van der Waals surface area contributed by atoms with Gasteiger partial charge in [0.1, 0.15) is 11.6 Å². The zero-order chi connectivity index (χ0) is 22.3. The smallest absolute Gasteiger partial charge is 0.259 e. The molecule has 164 valence electrons. The standard InChI is InChI=1S/C25H26N4O3/c1-2-32-21-12-10-19(11-13-21)27-23-22(9-6-14-26-23)24(30)28-20-8-5-7-18(17-20)25(31)29-15-3-4-16-29/h5-14,17H,2-4,15-16H2,1H3,(H,26,27)(H,28,30). The van der Waals surface area contributed by atoms with E-state index in [0.717, 1.165) is 37.4 Å². The molecule has 7 heteroatoms. The van der Waals surface area contributed by atoms with E-state index >= 15 is 0 Å². The Bertz CT molecular complexity index is 1090. The lowest BCUT2D eigenvalue weighted by molar-refractivity contribution is 0.0792. The van der Waals surface area contributed by atoms with Crippen LogP contribution in [-0.4, -0.2) is 41.4 Å². The van der Waals surface area contributed by atoms with Crippen LogP contribution >= 0.6 is 0 Å². The molecule has 0 unspecified atom stereocenters. The highest BCUT2D eigenvalue weighted by atomic mass is 16.5. The summed E-state index contributed by atoms with van der Waals surface area (Å²) in [6, 6.07) is 17.9. The van der Waals surface area contributed by atoms with E-state index < -0.39 is 0 Å². The lowest BCUT2D eigenvalue weighted by Gasteiger charge is -2.16. The average Bonchev–Trinajstić information content (AvgIpc) is 3.36. The van der Waals surface area contributed by atoms with Crippen molar-refractivity contribution >= 4 is 29.0 Å². The number of carbonyl (C=O) groups is 2. The molecular weight excluding hydrogens is 404 g/mol. The molecule has 2 aromatic carbocycles. The second-order valence-corrected chi connectivity index (χ2v) is 7.52. The highest BCUT2D eigenvalue weighted by molar-refractivity contribution is 6.08. The van der Waals surface area contributed by atoms with E-state index in [9.17, 15) is 9.59 Å². The zero-order valence-electron chi connectivity index (χ0n) is 18.0. The third kappa shape index (κ3) is 5.06. The largest absolute Gasteiger partial charge is 0.494 e. The maximum atomic E-state index is 13.0. The van der Waals surface area contributed by atoms with Crippen LogP contribution in [0.15, 0.2) is 66.9 Å². The minimum absolute atomic E-state index is 0.00201. The molecule has 0 radical (unpaired) electrons. The monoisotopic (exact) mass is 430 g/mol. The average molecular weight is 431 g/mol. The van der Waals surface area contributed by atoms with E-state index in [-0.39, 0.29) is 11.8 Å². The van der Waals surface area contributed by atoms with E-state index in [1.165, 1.54) is 0 Å². The fourth-order valence-corrected chi connectivity index (χ4v) is 3.66. The van der Waals surface area contributed by atoms with Gasteiger partial charge in [0.2, 0.25) is 0 Å². The van der Waals surface area contributed by atoms with Gasteiger partial charge in [-0.15, -0.1) is 0 Å². The number of ether oxygens (including phenoxy) is 1. The Morgan fingerprint density at radius 2 is 1.78 bits per heavy atom. The number of benzene rings is 2. The molecule has 0 aliphatic carbocycles. The number of nitrogens with one attached hydrogen (secondary N) is 2. The maximum absolute atomic E-state index is 13.0. The van der Waals surface area contributed by atoms with Gasteiger partial charge < -0.3 is 20.3 Å². The first-order valence-corrected chi connectivity index (χ1v) is 10.8. The molecule has 0 atom stereocenters. The summed E-state index contributed by atoms with van der Waals surface area (Å²) < 4.78 is 5.46. The molecule has 2 N–H and O–H groups in total. The van der Waals surface area contributed by atoms with Crippen LogP contribution in [0.5, 0.6) is 5.75 Å². The first-order chi connectivity index (χ1) is 15.6. The number of aromatic nitrogens is 1. The van der Waals surface area contributed by atoms with Crippen LogP contribution in [0.2, 0.25) is 0 Å². The summed E-state index contributed by atoms with van der Waals surface area (Å²) in [6.45, 7) is 4.10. The SMILES string of the molecule is CCOc1ccc(Nc2ncccc2C(=O)Nc2cccc(C(=O)N3CCCC3)c2)cc1. The van der Waals surface area contributed by atoms with Crippen LogP contribution in [0.4, 0.5) is 17.2 Å². The van der Waals surface area contributed by atoms with Crippen LogP contribution in [0.1, 0.15) is 40.5 Å². The summed E-state index contributed by atoms with van der Waals surface area (Å²) in [5.41, 5.74) is 2.33. The van der Waals surface area contributed by atoms with Gasteiger partial charge in [-0.3, -0.25) is 9.59 Å². The zero-order valence-corrected chi connectivity index (χ0v) is 18.0. The van der Waals surface area contributed by atoms with Gasteiger partial charge in [0, 0.05) is 36.2 Å². The molecule has 1 aromatic heterocycles. The Kier molecular flexibility index (Phi) is 6.65. The number of anilines is 3. The lowest BCUT2D eigenvalue weighted by Crippen LogP contribution is -2.27. The summed E-state index contributed by atoms with van der Waals surface area (Å²) in [5.74, 6) is 0.911. The van der Waals surface area contributed by atoms with Gasteiger partial charge in [-0.05, 0) is 74.4 Å². The first-order valence-electron chi connectivity index (χ1n) is 10.8. The lowest BCUT2D eigenvalue weighted by atomic mass is 10.1. The molecule has 1 aliphatic heterocycles. The number of hydrogen-bond donors (Lipinski definition) is 2. The number of rotatable bonds is 7. The van der Waals surface area contributed by atoms with Crippen LogP contribution < -0.4 is 15.4 Å². The van der Waals surface area contributed by atoms with Crippen molar-refractivity contribution in [3.05, 3.63) is 78.0 Å². The minimum atomic E-state index is -0.308. The summed E-state index contributed by atoms with van der Waals surface area (Å²) >= 11 is 0. The van der Waals surface area contributed by atoms with Crippen molar-refractivity contribution in [2.45, 2.75) is 19.8 Å². The molecule has 1 aliphatic rings. The molecule has 1 saturated heterocycles. The molecular formula is C25H26N4O3. The highest BCUT2D eigenvalue weighted by Crippen LogP contribution is 2.23. The first kappa shape index (κ1) is 21.4. The topological polar surface area (TPSA) is 83.6 Å². The molecule has 0 saturated carbocycles. The van der Waals surface area contributed by atoms with Crippen LogP contribution in [0.3, 0.4) is 0 Å². The number of nitrogens with zero attached hydrogens (tertiary/aromatic N) is 2. The molecule has 0 bridgehead atoms. The van der Waals surface area contributed by atoms with Gasteiger partial charge in [0.05, 0.1) is 12.2 Å². The van der Waals surface area contributed by atoms with Crippen molar-refractivity contribution in [1.82, 2.24) is 9.88 Å². The Balaban J connectivity index is 1.48. The summed E-state index contributed by atoms with van der Waals surface area (Å²) in [6.07, 6.45) is 3.70. The number of amides is 2. The Morgan fingerprint density at radius 1 is 1.00 bits per heavy atom. The van der Waals surface area contributed by atoms with Crippen molar-refractivity contribution in [3.8, 4) is 5.75 Å². The molecule has 3 aromatic rings. The van der Waals surface area contributed by atoms with E-state index in [2.05, 4.69) is 15.6 Å². The van der Waals surface area contributed by atoms with E-state index in [1.807, 2.05) is 36.1 Å². The van der Waals surface area contributed by atoms with Gasteiger partial charge in [-0.25, -0.2) is 4.98 Å². The number of likely N-dealkylation sites (tertiary alicyclic amines) is 1. The second-order valence-electron chi connectivity index (χ2n) is 7.52. The third-order valence-electron chi connectivity index (χ3n) is 5.24. The summed E-state index contributed by atoms with van der Waals surface area (Å²) in [7, 11) is 0. The number of pyridine rings is 1. The van der Waals surface area contributed by atoms with Crippen LogP contribution in [-0.2, 0) is 0 Å². The third-order valence-corrected chi connectivity index (χ3v) is 5.24. The Labute approximate surface area is 187 Å². The second kappa shape index (κ2) is 9.96. The van der Waals surface area contributed by atoms with Crippen LogP contribution in [0.25, 0.3) is 0 Å². The van der Waals surface area contributed by atoms with Gasteiger partial charge in [0.25, 0.3) is 11.8 Å². The van der Waals surface area contributed by atoms with Crippen molar-refractivity contribution in [3.63, 3.8) is 0 Å². The number of carbonyl (C=O) groups excluding carboxylic acids is 2. The molecule has 0 spiro atoms. The Hall–Kier alpha value is -3.87. The minimum Gasteiger partial charge on any atom is -0.494 e. The van der Waals surface area contributed by atoms with Gasteiger partial charge in [-0.1, -0.05) is 6.07 Å². The molecule has 4 rings (SSSR count).